The predicted molar refractivity (Wildman–Crippen MR) is 69.4 cm³/mol. The Balaban J connectivity index is 1.72. The van der Waals surface area contributed by atoms with Crippen LogP contribution in [0, 0.1) is 17.6 Å². The van der Waals surface area contributed by atoms with Gasteiger partial charge in [0.05, 0.1) is 5.92 Å². The molecule has 0 spiro atoms. The molecule has 1 aliphatic rings. The number of hydrogen-bond donors (Lipinski definition) is 1. The number of carbonyl (C=O) groups excluding carboxylic acids is 1. The van der Waals surface area contributed by atoms with Crippen LogP contribution in [0.3, 0.4) is 0 Å². The highest BCUT2D eigenvalue weighted by Crippen LogP contribution is 2.22. The molecule has 0 radical (unpaired) electrons. The minimum absolute atomic E-state index is 0.113. The summed E-state index contributed by atoms with van der Waals surface area (Å²) in [5.41, 5.74) is 0. The van der Waals surface area contributed by atoms with Crippen molar-refractivity contribution in [1.82, 2.24) is 4.90 Å². The van der Waals surface area contributed by atoms with Crippen molar-refractivity contribution in [2.24, 2.45) is 5.92 Å². The van der Waals surface area contributed by atoms with Crippen molar-refractivity contribution in [2.45, 2.75) is 11.3 Å². The van der Waals surface area contributed by atoms with Crippen LogP contribution in [0.1, 0.15) is 6.42 Å². The Kier molecular flexibility index (Phi) is 4.59. The lowest BCUT2D eigenvalue weighted by molar-refractivity contribution is -0.152. The fourth-order valence-corrected chi connectivity index (χ4v) is 2.68. The zero-order valence-corrected chi connectivity index (χ0v) is 11.3. The lowest BCUT2D eigenvalue weighted by atomic mass is 10.0. The summed E-state index contributed by atoms with van der Waals surface area (Å²) < 4.78 is 25.7. The van der Waals surface area contributed by atoms with Gasteiger partial charge >= 0.3 is 5.97 Å². The third kappa shape index (κ3) is 3.47. The third-order valence-corrected chi connectivity index (χ3v) is 4.05. The molecule has 4 nitrogen and oxygen atoms in total. The van der Waals surface area contributed by atoms with Gasteiger partial charge in [0.2, 0.25) is 5.91 Å². The minimum atomic E-state index is -0.909. The number of likely N-dealkylation sites (tertiary alicyclic amines) is 1. The van der Waals surface area contributed by atoms with Crippen molar-refractivity contribution < 1.29 is 23.5 Å². The first-order chi connectivity index (χ1) is 9.47. The summed E-state index contributed by atoms with van der Waals surface area (Å²) in [4.78, 5) is 24.3. The molecule has 1 aromatic rings. The summed E-state index contributed by atoms with van der Waals surface area (Å²) in [5.74, 6) is -2.82. The van der Waals surface area contributed by atoms with Crippen LogP contribution in [0.2, 0.25) is 0 Å². The molecule has 1 fully saturated rings. The van der Waals surface area contributed by atoms with Gasteiger partial charge in [-0.25, -0.2) is 8.78 Å². The number of thioether (sulfide) groups is 1. The molecule has 20 heavy (non-hydrogen) atoms. The average molecular weight is 301 g/mol. The number of carboxylic acids is 1. The molecular formula is C13H13F2NO3S. The number of benzene rings is 1. The summed E-state index contributed by atoms with van der Waals surface area (Å²) in [6, 6.07) is 3.60. The molecule has 0 saturated carbocycles. The number of aliphatic carboxylic acids is 1. The molecule has 1 N–H and O–H groups in total. The van der Waals surface area contributed by atoms with Crippen molar-refractivity contribution in [3.8, 4) is 0 Å². The Labute approximate surface area is 118 Å². The highest BCUT2D eigenvalue weighted by molar-refractivity contribution is 7.99. The topological polar surface area (TPSA) is 57.6 Å². The summed E-state index contributed by atoms with van der Waals surface area (Å²) in [6.45, 7) is 0.508. The lowest BCUT2D eigenvalue weighted by Crippen LogP contribution is -2.53. The van der Waals surface area contributed by atoms with Crippen LogP contribution in [0.4, 0.5) is 8.78 Å². The molecule has 1 amide bonds. The second kappa shape index (κ2) is 6.21. The molecule has 108 valence electrons. The lowest BCUT2D eigenvalue weighted by Gasteiger charge is -2.36. The number of nitrogens with zero attached hydrogens (tertiary/aromatic N) is 1. The highest BCUT2D eigenvalue weighted by atomic mass is 32.2. The highest BCUT2D eigenvalue weighted by Gasteiger charge is 2.34. The quantitative estimate of drug-likeness (QED) is 0.845. The molecule has 1 aliphatic heterocycles. The molecule has 1 heterocycles. The molecule has 0 aliphatic carbocycles. The first-order valence-corrected chi connectivity index (χ1v) is 7.04. The Morgan fingerprint density at radius 1 is 1.30 bits per heavy atom. The van der Waals surface area contributed by atoms with E-state index < -0.39 is 23.5 Å². The van der Waals surface area contributed by atoms with E-state index in [1.165, 1.54) is 22.7 Å². The minimum Gasteiger partial charge on any atom is -0.481 e. The molecule has 0 unspecified atom stereocenters. The summed E-state index contributed by atoms with van der Waals surface area (Å²) in [7, 11) is 0. The van der Waals surface area contributed by atoms with Crippen molar-refractivity contribution in [3.05, 3.63) is 29.8 Å². The maximum Gasteiger partial charge on any atom is 0.310 e. The third-order valence-electron chi connectivity index (χ3n) is 3.06. The van der Waals surface area contributed by atoms with E-state index in [0.29, 0.717) is 10.6 Å². The zero-order chi connectivity index (χ0) is 14.7. The van der Waals surface area contributed by atoms with Gasteiger partial charge in [-0.3, -0.25) is 9.59 Å². The van der Waals surface area contributed by atoms with Crippen molar-refractivity contribution in [2.75, 3.05) is 18.8 Å². The van der Waals surface area contributed by atoms with Gasteiger partial charge in [-0.2, -0.15) is 0 Å². The van der Waals surface area contributed by atoms with E-state index in [-0.39, 0.29) is 25.4 Å². The smallest absolute Gasteiger partial charge is 0.310 e. The first kappa shape index (κ1) is 14.8. The molecule has 7 heteroatoms. The maximum absolute atomic E-state index is 13.0. The number of carbonyl (C=O) groups is 2. The average Bonchev–Trinajstić information content (AvgIpc) is 2.31. The summed E-state index contributed by atoms with van der Waals surface area (Å²) in [5, 5.41) is 8.70. The van der Waals surface area contributed by atoms with E-state index >= 15 is 0 Å². The van der Waals surface area contributed by atoms with Crippen LogP contribution >= 0.6 is 11.8 Å². The first-order valence-electron chi connectivity index (χ1n) is 6.06. The summed E-state index contributed by atoms with van der Waals surface area (Å²) in [6.07, 6.45) is 0.246. The second-order valence-electron chi connectivity index (χ2n) is 4.51. The van der Waals surface area contributed by atoms with Crippen LogP contribution < -0.4 is 0 Å². The number of carboxylic acid groups (broad SMARTS) is 1. The van der Waals surface area contributed by atoms with Gasteiger partial charge in [-0.05, 0) is 18.2 Å². The van der Waals surface area contributed by atoms with Crippen LogP contribution in [-0.2, 0) is 9.59 Å². The number of rotatable bonds is 5. The Morgan fingerprint density at radius 3 is 2.60 bits per heavy atom. The van der Waals surface area contributed by atoms with Crippen molar-refractivity contribution >= 4 is 23.6 Å². The van der Waals surface area contributed by atoms with E-state index in [1.807, 2.05) is 0 Å². The molecule has 2 rings (SSSR count). The summed E-state index contributed by atoms with van der Waals surface area (Å²) >= 11 is 1.26. The molecule has 0 bridgehead atoms. The molecule has 0 aromatic heterocycles. The van der Waals surface area contributed by atoms with Gasteiger partial charge in [-0.1, -0.05) is 0 Å². The van der Waals surface area contributed by atoms with E-state index in [0.717, 1.165) is 12.1 Å². The van der Waals surface area contributed by atoms with Gasteiger partial charge in [0.1, 0.15) is 0 Å². The van der Waals surface area contributed by atoms with Gasteiger partial charge in [-0.15, -0.1) is 11.8 Å². The van der Waals surface area contributed by atoms with Crippen LogP contribution in [0.25, 0.3) is 0 Å². The van der Waals surface area contributed by atoms with E-state index in [2.05, 4.69) is 0 Å². The number of halogens is 2. The Morgan fingerprint density at radius 2 is 2.00 bits per heavy atom. The van der Waals surface area contributed by atoms with E-state index in [1.54, 1.807) is 0 Å². The van der Waals surface area contributed by atoms with Gasteiger partial charge in [0, 0.05) is 30.2 Å². The SMILES string of the molecule is O=C(O)C1CN(C(=O)CCSc2ccc(F)c(F)c2)C1. The fourth-order valence-electron chi connectivity index (χ4n) is 1.82. The van der Waals surface area contributed by atoms with Crippen molar-refractivity contribution in [1.29, 1.82) is 0 Å². The van der Waals surface area contributed by atoms with Crippen LogP contribution in [0.15, 0.2) is 23.1 Å². The normalized spacial score (nSPS) is 15.0. The van der Waals surface area contributed by atoms with Gasteiger partial charge in [0.25, 0.3) is 0 Å². The fraction of sp³-hybridized carbons (Fsp3) is 0.385. The second-order valence-corrected chi connectivity index (χ2v) is 5.68. The number of hydrogen-bond acceptors (Lipinski definition) is 3. The molecule has 1 saturated heterocycles. The Hall–Kier alpha value is -1.63. The van der Waals surface area contributed by atoms with Crippen LogP contribution in [-0.4, -0.2) is 40.7 Å². The molecule has 1 aromatic carbocycles. The van der Waals surface area contributed by atoms with Gasteiger partial charge in [0.15, 0.2) is 11.6 Å². The standard InChI is InChI=1S/C13H13F2NO3S/c14-10-2-1-9(5-11(10)15)20-4-3-12(17)16-6-8(7-16)13(18)19/h1-2,5,8H,3-4,6-7H2,(H,18,19). The van der Waals surface area contributed by atoms with E-state index in [4.69, 9.17) is 5.11 Å². The largest absolute Gasteiger partial charge is 0.481 e. The number of amides is 1. The zero-order valence-electron chi connectivity index (χ0n) is 10.5. The van der Waals surface area contributed by atoms with Gasteiger partial charge < -0.3 is 10.0 Å². The molecular weight excluding hydrogens is 288 g/mol. The Bertz CT molecular complexity index is 532. The van der Waals surface area contributed by atoms with Crippen LogP contribution in [0.5, 0.6) is 0 Å². The predicted octanol–water partition coefficient (Wildman–Crippen LogP) is 1.99. The van der Waals surface area contributed by atoms with Crippen molar-refractivity contribution in [3.63, 3.8) is 0 Å². The monoisotopic (exact) mass is 301 g/mol. The molecule has 0 atom stereocenters. The van der Waals surface area contributed by atoms with E-state index in [9.17, 15) is 18.4 Å². The maximum atomic E-state index is 13.0.